The third-order valence-corrected chi connectivity index (χ3v) is 8.80. The van der Waals surface area contributed by atoms with Crippen molar-refractivity contribution >= 4 is 20.3 Å². The van der Waals surface area contributed by atoms with Gasteiger partial charge in [0.25, 0.3) is 5.91 Å². The van der Waals surface area contributed by atoms with Crippen molar-refractivity contribution in [3.05, 3.63) is 12.3 Å². The van der Waals surface area contributed by atoms with Crippen molar-refractivity contribution in [3.63, 3.8) is 0 Å². The van der Waals surface area contributed by atoms with E-state index in [0.29, 0.717) is 12.5 Å². The second-order valence-electron chi connectivity index (χ2n) is 7.17. The lowest BCUT2D eigenvalue weighted by atomic mass is 10.2. The van der Waals surface area contributed by atoms with Crippen molar-refractivity contribution in [2.24, 2.45) is 5.92 Å². The van der Waals surface area contributed by atoms with Crippen LogP contribution in [0, 0.1) is 5.92 Å². The Balaban J connectivity index is 2.28. The molecule has 0 unspecified atom stereocenters. The smallest absolute Gasteiger partial charge is 0.321 e. The minimum Gasteiger partial charge on any atom is -0.504 e. The number of carbonyl (C=O) groups excluding carboxylic acids is 2. The fraction of sp³-hybridized carbons (Fsp3) is 0.733. The summed E-state index contributed by atoms with van der Waals surface area (Å²) in [5.41, 5.74) is 0. The summed E-state index contributed by atoms with van der Waals surface area (Å²) in [6, 6.07) is -0.394. The van der Waals surface area contributed by atoms with Crippen molar-refractivity contribution < 1.29 is 18.8 Å². The first kappa shape index (κ1) is 18.7. The van der Waals surface area contributed by atoms with Crippen LogP contribution < -0.4 is 10.6 Å². The van der Waals surface area contributed by atoms with Gasteiger partial charge in [-0.1, -0.05) is 20.8 Å². The molecule has 0 aromatic heterocycles. The highest BCUT2D eigenvalue weighted by molar-refractivity contribution is 6.74. The molecule has 0 spiro atoms. The minimum atomic E-state index is -1.74. The van der Waals surface area contributed by atoms with E-state index in [2.05, 4.69) is 49.2 Å². The van der Waals surface area contributed by atoms with Crippen LogP contribution in [0.25, 0.3) is 0 Å². The SMILES string of the molecule is CO/C=C/C(=O)NC(=O)N[C@@H]1C[C@H]1CO[Si](C)(C)C(C)(C)C. The second kappa shape index (κ2) is 7.28. The second-order valence-corrected chi connectivity index (χ2v) is 12.0. The molecular formula is C15H28N2O4Si. The number of nitrogens with one attached hydrogen (secondary N) is 2. The standard InChI is InChI=1S/C15H28N2O4Si/c1-15(2,3)22(5,6)21-10-11-9-12(11)16-14(19)17-13(18)7-8-20-4/h7-8,11-12H,9-10H2,1-6H3,(H2,16,17,18,19)/b8-7+/t11-,12+/m0/s1. The van der Waals surface area contributed by atoms with Gasteiger partial charge in [-0.25, -0.2) is 4.79 Å². The molecular weight excluding hydrogens is 300 g/mol. The highest BCUT2D eigenvalue weighted by Crippen LogP contribution is 2.39. The van der Waals surface area contributed by atoms with E-state index in [1.807, 2.05) is 0 Å². The zero-order chi connectivity index (χ0) is 17.0. The molecule has 22 heavy (non-hydrogen) atoms. The number of methoxy groups -OCH3 is 1. The Hall–Kier alpha value is -1.34. The van der Waals surface area contributed by atoms with Gasteiger partial charge in [-0.15, -0.1) is 0 Å². The number of amides is 3. The van der Waals surface area contributed by atoms with Crippen molar-refractivity contribution in [1.29, 1.82) is 0 Å². The van der Waals surface area contributed by atoms with E-state index in [1.165, 1.54) is 13.4 Å². The minimum absolute atomic E-state index is 0.0870. The van der Waals surface area contributed by atoms with Gasteiger partial charge in [-0.2, -0.15) is 0 Å². The zero-order valence-corrected chi connectivity index (χ0v) is 15.4. The summed E-state index contributed by atoms with van der Waals surface area (Å²) in [5.74, 6) is -0.168. The fourth-order valence-corrected chi connectivity index (χ4v) is 2.69. The lowest BCUT2D eigenvalue weighted by Gasteiger charge is -2.36. The van der Waals surface area contributed by atoms with Crippen molar-refractivity contribution in [1.82, 2.24) is 10.6 Å². The molecule has 0 aromatic carbocycles. The Morgan fingerprint density at radius 1 is 1.32 bits per heavy atom. The van der Waals surface area contributed by atoms with E-state index >= 15 is 0 Å². The molecule has 0 heterocycles. The summed E-state index contributed by atoms with van der Waals surface area (Å²) in [7, 11) is -0.312. The van der Waals surface area contributed by atoms with E-state index in [0.717, 1.165) is 12.5 Å². The molecule has 1 fully saturated rings. The number of imide groups is 1. The Kier molecular flexibility index (Phi) is 6.19. The Bertz CT molecular complexity index is 443. The summed E-state index contributed by atoms with van der Waals surface area (Å²) in [6.45, 7) is 11.7. The number of hydrogen-bond donors (Lipinski definition) is 2. The molecule has 1 aliphatic rings. The van der Waals surface area contributed by atoms with Crippen LogP contribution in [-0.4, -0.2) is 40.0 Å². The molecule has 2 atom stereocenters. The lowest BCUT2D eigenvalue weighted by molar-refractivity contribution is -0.115. The highest BCUT2D eigenvalue weighted by atomic mass is 28.4. The number of urea groups is 1. The Morgan fingerprint density at radius 2 is 1.95 bits per heavy atom. The van der Waals surface area contributed by atoms with Gasteiger partial charge < -0.3 is 14.5 Å². The Labute approximate surface area is 133 Å². The normalized spacial score (nSPS) is 21.5. The molecule has 0 saturated heterocycles. The summed E-state index contributed by atoms with van der Waals surface area (Å²) < 4.78 is 10.7. The van der Waals surface area contributed by atoms with Crippen molar-refractivity contribution in [2.45, 2.75) is 51.4 Å². The first-order valence-electron chi connectivity index (χ1n) is 7.51. The summed E-state index contributed by atoms with van der Waals surface area (Å²) in [5, 5.41) is 5.17. The van der Waals surface area contributed by atoms with Crippen molar-refractivity contribution in [2.75, 3.05) is 13.7 Å². The third kappa shape index (κ3) is 5.80. The van der Waals surface area contributed by atoms with Crippen LogP contribution in [0.5, 0.6) is 0 Å². The van der Waals surface area contributed by atoms with Gasteiger partial charge >= 0.3 is 6.03 Å². The van der Waals surface area contributed by atoms with Crippen LogP contribution in [0.2, 0.25) is 18.1 Å². The highest BCUT2D eigenvalue weighted by Gasteiger charge is 2.43. The van der Waals surface area contributed by atoms with Crippen molar-refractivity contribution in [3.8, 4) is 0 Å². The molecule has 0 radical (unpaired) electrons. The molecule has 126 valence electrons. The number of rotatable bonds is 6. The monoisotopic (exact) mass is 328 g/mol. The van der Waals surface area contributed by atoms with Gasteiger partial charge in [0, 0.05) is 24.6 Å². The average molecular weight is 328 g/mol. The van der Waals surface area contributed by atoms with Crippen LogP contribution in [0.3, 0.4) is 0 Å². The Morgan fingerprint density at radius 3 is 2.50 bits per heavy atom. The van der Waals surface area contributed by atoms with Gasteiger partial charge in [0.2, 0.25) is 0 Å². The first-order valence-corrected chi connectivity index (χ1v) is 10.4. The molecule has 1 aliphatic carbocycles. The van der Waals surface area contributed by atoms with Gasteiger partial charge in [-0.05, 0) is 24.6 Å². The van der Waals surface area contributed by atoms with Crippen LogP contribution in [-0.2, 0) is 14.0 Å². The molecule has 0 aromatic rings. The fourth-order valence-electron chi connectivity index (χ4n) is 1.63. The third-order valence-electron chi connectivity index (χ3n) is 4.30. The number of carbonyl (C=O) groups is 2. The van der Waals surface area contributed by atoms with Gasteiger partial charge in [0.15, 0.2) is 8.32 Å². The molecule has 1 saturated carbocycles. The summed E-state index contributed by atoms with van der Waals surface area (Å²) >= 11 is 0. The number of ether oxygens (including phenoxy) is 1. The maximum atomic E-state index is 11.6. The molecule has 1 rings (SSSR count). The van der Waals surface area contributed by atoms with Crippen LogP contribution in [0.15, 0.2) is 12.3 Å². The van der Waals surface area contributed by atoms with Crippen LogP contribution >= 0.6 is 0 Å². The summed E-state index contributed by atoms with van der Waals surface area (Å²) in [4.78, 5) is 22.9. The number of hydrogen-bond acceptors (Lipinski definition) is 4. The predicted octanol–water partition coefficient (Wildman–Crippen LogP) is 2.38. The maximum absolute atomic E-state index is 11.6. The molecule has 7 heteroatoms. The quantitative estimate of drug-likeness (QED) is 0.446. The topological polar surface area (TPSA) is 76.7 Å². The maximum Gasteiger partial charge on any atom is 0.321 e. The van der Waals surface area contributed by atoms with Gasteiger partial charge in [-0.3, -0.25) is 10.1 Å². The van der Waals surface area contributed by atoms with E-state index in [-0.39, 0.29) is 11.1 Å². The largest absolute Gasteiger partial charge is 0.504 e. The first-order chi connectivity index (χ1) is 10.1. The molecule has 0 aliphatic heterocycles. The van der Waals surface area contributed by atoms with Gasteiger partial charge in [0.1, 0.15) is 0 Å². The van der Waals surface area contributed by atoms with Crippen LogP contribution in [0.1, 0.15) is 27.2 Å². The average Bonchev–Trinajstić information content (AvgIpc) is 3.10. The van der Waals surface area contributed by atoms with E-state index in [9.17, 15) is 9.59 Å². The lowest BCUT2D eigenvalue weighted by Crippen LogP contribution is -2.42. The van der Waals surface area contributed by atoms with E-state index in [1.54, 1.807) is 0 Å². The molecule has 3 amide bonds. The predicted molar refractivity (Wildman–Crippen MR) is 87.9 cm³/mol. The van der Waals surface area contributed by atoms with Crippen LogP contribution in [0.4, 0.5) is 4.79 Å². The van der Waals surface area contributed by atoms with Gasteiger partial charge in [0.05, 0.1) is 13.4 Å². The summed E-state index contributed by atoms with van der Waals surface area (Å²) in [6.07, 6.45) is 3.27. The molecule has 0 bridgehead atoms. The molecule has 2 N–H and O–H groups in total. The van der Waals surface area contributed by atoms with E-state index < -0.39 is 20.3 Å². The van der Waals surface area contributed by atoms with E-state index in [4.69, 9.17) is 4.43 Å². The zero-order valence-electron chi connectivity index (χ0n) is 14.4. The molecule has 6 nitrogen and oxygen atoms in total.